The van der Waals surface area contributed by atoms with Gasteiger partial charge in [-0.3, -0.25) is 4.79 Å². The van der Waals surface area contributed by atoms with Crippen molar-refractivity contribution < 1.29 is 14.3 Å². The lowest BCUT2D eigenvalue weighted by molar-refractivity contribution is 0.0600. The van der Waals surface area contributed by atoms with Gasteiger partial charge >= 0.3 is 5.97 Å². The molecule has 21 heavy (non-hydrogen) atoms. The zero-order chi connectivity index (χ0) is 15.4. The van der Waals surface area contributed by atoms with Crippen LogP contribution >= 0.6 is 0 Å². The molecule has 0 aromatic heterocycles. The molecular formula is C15H15N3O3. The van der Waals surface area contributed by atoms with Crippen LogP contribution in [0.2, 0.25) is 0 Å². The first-order valence-corrected chi connectivity index (χ1v) is 6.16. The summed E-state index contributed by atoms with van der Waals surface area (Å²) in [6.07, 6.45) is 0. The van der Waals surface area contributed by atoms with E-state index in [1.807, 2.05) is 0 Å². The molecule has 6 nitrogen and oxygen atoms in total. The Kier molecular flexibility index (Phi) is 4.08. The number of primary amides is 1. The second-order valence-corrected chi connectivity index (χ2v) is 4.36. The molecule has 0 radical (unpaired) electrons. The summed E-state index contributed by atoms with van der Waals surface area (Å²) in [6.45, 7) is 0. The molecule has 0 bridgehead atoms. The molecule has 0 heterocycles. The minimum absolute atomic E-state index is 0.367. The van der Waals surface area contributed by atoms with Gasteiger partial charge in [-0.1, -0.05) is 6.07 Å². The van der Waals surface area contributed by atoms with Crippen molar-refractivity contribution >= 4 is 28.9 Å². The number of methoxy groups -OCH3 is 1. The van der Waals surface area contributed by atoms with Crippen LogP contribution in [0.1, 0.15) is 20.7 Å². The van der Waals surface area contributed by atoms with E-state index in [9.17, 15) is 9.59 Å². The summed E-state index contributed by atoms with van der Waals surface area (Å²) < 4.78 is 4.63. The molecule has 0 spiro atoms. The maximum absolute atomic E-state index is 11.4. The highest BCUT2D eigenvalue weighted by atomic mass is 16.5. The van der Waals surface area contributed by atoms with Crippen molar-refractivity contribution in [3.05, 3.63) is 53.6 Å². The van der Waals surface area contributed by atoms with E-state index < -0.39 is 11.9 Å². The Morgan fingerprint density at radius 2 is 1.86 bits per heavy atom. The smallest absolute Gasteiger partial charge is 0.337 e. The summed E-state index contributed by atoms with van der Waals surface area (Å²) >= 11 is 0. The van der Waals surface area contributed by atoms with Gasteiger partial charge in [-0.25, -0.2) is 4.79 Å². The molecule has 2 aromatic carbocycles. The Bertz CT molecular complexity index is 698. The summed E-state index contributed by atoms with van der Waals surface area (Å²) in [6, 6.07) is 11.5. The van der Waals surface area contributed by atoms with Crippen molar-refractivity contribution in [1.82, 2.24) is 0 Å². The highest BCUT2D eigenvalue weighted by molar-refractivity contribution is 5.94. The van der Waals surface area contributed by atoms with Crippen LogP contribution in [-0.4, -0.2) is 19.0 Å². The number of carbonyl (C=O) groups excluding carboxylic acids is 2. The van der Waals surface area contributed by atoms with E-state index in [0.717, 1.165) is 0 Å². The van der Waals surface area contributed by atoms with Gasteiger partial charge in [-0.2, -0.15) is 0 Å². The number of nitrogens with one attached hydrogen (secondary N) is 1. The summed E-state index contributed by atoms with van der Waals surface area (Å²) in [5, 5.41) is 3.07. The van der Waals surface area contributed by atoms with Gasteiger partial charge in [0.1, 0.15) is 0 Å². The van der Waals surface area contributed by atoms with Crippen LogP contribution in [0.15, 0.2) is 42.5 Å². The quantitative estimate of drug-likeness (QED) is 0.587. The molecule has 0 aliphatic rings. The molecule has 0 unspecified atom stereocenters. The summed E-state index contributed by atoms with van der Waals surface area (Å²) in [5.41, 5.74) is 13.6. The number of hydrogen-bond acceptors (Lipinski definition) is 5. The number of nitrogens with two attached hydrogens (primary N) is 2. The molecule has 2 aromatic rings. The van der Waals surface area contributed by atoms with Gasteiger partial charge in [-0.05, 0) is 36.4 Å². The molecule has 1 amide bonds. The minimum atomic E-state index is -0.507. The first-order chi connectivity index (χ1) is 10.0. The SMILES string of the molecule is COC(=O)c1ccc(Nc2cccc(C(N)=O)c2)c(N)c1. The molecule has 108 valence electrons. The van der Waals surface area contributed by atoms with Gasteiger partial charge in [0.2, 0.25) is 5.91 Å². The molecule has 5 N–H and O–H groups in total. The second-order valence-electron chi connectivity index (χ2n) is 4.36. The Morgan fingerprint density at radius 3 is 2.48 bits per heavy atom. The average Bonchev–Trinajstić information content (AvgIpc) is 2.48. The molecule has 0 saturated heterocycles. The highest BCUT2D eigenvalue weighted by Crippen LogP contribution is 2.25. The number of rotatable bonds is 4. The largest absolute Gasteiger partial charge is 0.465 e. The van der Waals surface area contributed by atoms with E-state index in [1.54, 1.807) is 36.4 Å². The monoisotopic (exact) mass is 285 g/mol. The van der Waals surface area contributed by atoms with Gasteiger partial charge in [0.25, 0.3) is 0 Å². The number of anilines is 3. The van der Waals surface area contributed by atoms with Crippen molar-refractivity contribution in [2.24, 2.45) is 5.73 Å². The fraction of sp³-hybridized carbons (Fsp3) is 0.0667. The van der Waals surface area contributed by atoms with Crippen LogP contribution in [0.4, 0.5) is 17.1 Å². The third kappa shape index (κ3) is 3.30. The fourth-order valence-corrected chi connectivity index (χ4v) is 1.83. The van der Waals surface area contributed by atoms with Gasteiger partial charge in [-0.15, -0.1) is 0 Å². The summed E-state index contributed by atoms with van der Waals surface area (Å²) in [5.74, 6) is -0.961. The van der Waals surface area contributed by atoms with Crippen LogP contribution in [-0.2, 0) is 4.74 Å². The lowest BCUT2D eigenvalue weighted by Gasteiger charge is -2.11. The number of esters is 1. The number of benzene rings is 2. The van der Waals surface area contributed by atoms with Crippen LogP contribution in [0.5, 0.6) is 0 Å². The van der Waals surface area contributed by atoms with Gasteiger partial charge in [0.05, 0.1) is 24.0 Å². The first kappa shape index (κ1) is 14.4. The third-order valence-corrected chi connectivity index (χ3v) is 2.90. The van der Waals surface area contributed by atoms with E-state index in [-0.39, 0.29) is 0 Å². The van der Waals surface area contributed by atoms with E-state index in [4.69, 9.17) is 11.5 Å². The van der Waals surface area contributed by atoms with Crippen molar-refractivity contribution in [2.45, 2.75) is 0 Å². The van der Waals surface area contributed by atoms with Crippen LogP contribution in [0, 0.1) is 0 Å². The molecule has 2 rings (SSSR count). The molecular weight excluding hydrogens is 270 g/mol. The average molecular weight is 285 g/mol. The predicted molar refractivity (Wildman–Crippen MR) is 80.4 cm³/mol. The lowest BCUT2D eigenvalue weighted by Crippen LogP contribution is -2.11. The fourth-order valence-electron chi connectivity index (χ4n) is 1.83. The predicted octanol–water partition coefficient (Wildman–Crippen LogP) is 1.90. The normalized spacial score (nSPS) is 9.95. The maximum Gasteiger partial charge on any atom is 0.337 e. The van der Waals surface area contributed by atoms with Crippen molar-refractivity contribution in [3.8, 4) is 0 Å². The standard InChI is InChI=1S/C15H15N3O3/c1-21-15(20)10-5-6-13(12(16)8-10)18-11-4-2-3-9(7-11)14(17)19/h2-8,18H,16H2,1H3,(H2,17,19). The minimum Gasteiger partial charge on any atom is -0.465 e. The number of nitrogen functional groups attached to an aromatic ring is 1. The maximum atomic E-state index is 11.4. The Hall–Kier alpha value is -3.02. The molecule has 0 atom stereocenters. The topological polar surface area (TPSA) is 107 Å². The van der Waals surface area contributed by atoms with Gasteiger partial charge < -0.3 is 21.5 Å². The van der Waals surface area contributed by atoms with Crippen LogP contribution < -0.4 is 16.8 Å². The highest BCUT2D eigenvalue weighted by Gasteiger charge is 2.09. The second kappa shape index (κ2) is 5.96. The number of carbonyl (C=O) groups is 2. The number of amides is 1. The van der Waals surface area contributed by atoms with Crippen molar-refractivity contribution in [2.75, 3.05) is 18.2 Å². The summed E-state index contributed by atoms with van der Waals surface area (Å²) in [4.78, 5) is 22.5. The van der Waals surface area contributed by atoms with E-state index in [2.05, 4.69) is 10.1 Å². The third-order valence-electron chi connectivity index (χ3n) is 2.90. The molecule has 0 aliphatic heterocycles. The molecule has 0 aliphatic carbocycles. The van der Waals surface area contributed by atoms with Crippen molar-refractivity contribution in [3.63, 3.8) is 0 Å². The van der Waals surface area contributed by atoms with Crippen molar-refractivity contribution in [1.29, 1.82) is 0 Å². The van der Waals surface area contributed by atoms with E-state index in [0.29, 0.717) is 28.2 Å². The van der Waals surface area contributed by atoms with Crippen LogP contribution in [0.25, 0.3) is 0 Å². The van der Waals surface area contributed by atoms with E-state index >= 15 is 0 Å². The Labute approximate surface area is 121 Å². The van der Waals surface area contributed by atoms with Crippen LogP contribution in [0.3, 0.4) is 0 Å². The zero-order valence-electron chi connectivity index (χ0n) is 11.4. The molecule has 0 saturated carbocycles. The first-order valence-electron chi connectivity index (χ1n) is 6.16. The summed E-state index contributed by atoms with van der Waals surface area (Å²) in [7, 11) is 1.31. The zero-order valence-corrected chi connectivity index (χ0v) is 11.4. The Morgan fingerprint density at radius 1 is 1.10 bits per heavy atom. The molecule has 0 fully saturated rings. The number of hydrogen-bond donors (Lipinski definition) is 3. The van der Waals surface area contributed by atoms with Gasteiger partial charge in [0.15, 0.2) is 0 Å². The van der Waals surface area contributed by atoms with Gasteiger partial charge in [0, 0.05) is 11.3 Å². The Balaban J connectivity index is 2.26. The van der Waals surface area contributed by atoms with E-state index in [1.165, 1.54) is 13.2 Å². The number of ether oxygens (including phenoxy) is 1. The lowest BCUT2D eigenvalue weighted by atomic mass is 10.1. The molecule has 6 heteroatoms.